The van der Waals surface area contributed by atoms with E-state index < -0.39 is 11.7 Å². The summed E-state index contributed by atoms with van der Waals surface area (Å²) in [4.78, 5) is 1.80. The van der Waals surface area contributed by atoms with Crippen molar-refractivity contribution >= 4 is 11.4 Å². The van der Waals surface area contributed by atoms with Gasteiger partial charge in [-0.25, -0.2) is 0 Å². The molecule has 0 aromatic heterocycles. The molecule has 2 rings (SSSR count). The minimum absolute atomic E-state index is 0.0811. The number of alkyl halides is 3. The van der Waals surface area contributed by atoms with E-state index in [-0.39, 0.29) is 18.3 Å². The minimum Gasteiger partial charge on any atom is -0.398 e. The third-order valence-electron chi connectivity index (χ3n) is 3.00. The molecule has 1 aliphatic rings. The number of halogens is 3. The zero-order valence-corrected chi connectivity index (χ0v) is 9.74. The highest BCUT2D eigenvalue weighted by Crippen LogP contribution is 2.38. The Hall–Kier alpha value is -1.43. The van der Waals surface area contributed by atoms with Gasteiger partial charge in [-0.3, -0.25) is 0 Å². The fourth-order valence-electron chi connectivity index (χ4n) is 1.98. The average molecular weight is 260 g/mol. The Morgan fingerprint density at radius 1 is 1.33 bits per heavy atom. The van der Waals surface area contributed by atoms with Crippen LogP contribution in [0.1, 0.15) is 18.4 Å². The standard InChI is InChI=1S/C12H15F3N2O/c13-12(14,15)10-7-9(3-4-11(10)16)17(5-6-18)8-1-2-8/h3-4,7-8,18H,1-2,5-6,16H2. The average Bonchev–Trinajstić information content (AvgIpc) is 3.09. The van der Waals surface area contributed by atoms with Gasteiger partial charge < -0.3 is 15.7 Å². The van der Waals surface area contributed by atoms with Gasteiger partial charge in [-0.2, -0.15) is 13.2 Å². The number of anilines is 2. The van der Waals surface area contributed by atoms with Crippen LogP contribution in [0.3, 0.4) is 0 Å². The molecule has 6 heteroatoms. The van der Waals surface area contributed by atoms with E-state index in [0.717, 1.165) is 18.9 Å². The van der Waals surface area contributed by atoms with Crippen molar-refractivity contribution in [2.45, 2.75) is 25.1 Å². The Bertz CT molecular complexity index is 430. The summed E-state index contributed by atoms with van der Waals surface area (Å²) in [7, 11) is 0. The second kappa shape index (κ2) is 4.68. The van der Waals surface area contributed by atoms with Gasteiger partial charge in [0.25, 0.3) is 0 Å². The van der Waals surface area contributed by atoms with Crippen molar-refractivity contribution in [2.24, 2.45) is 0 Å². The molecule has 0 spiro atoms. The lowest BCUT2D eigenvalue weighted by Crippen LogP contribution is -2.29. The molecule has 100 valence electrons. The molecule has 1 aliphatic carbocycles. The highest BCUT2D eigenvalue weighted by molar-refractivity contribution is 5.60. The van der Waals surface area contributed by atoms with Crippen LogP contribution >= 0.6 is 0 Å². The summed E-state index contributed by atoms with van der Waals surface area (Å²) in [6, 6.07) is 4.13. The van der Waals surface area contributed by atoms with Crippen LogP contribution in [0.5, 0.6) is 0 Å². The van der Waals surface area contributed by atoms with E-state index in [2.05, 4.69) is 0 Å². The van der Waals surface area contributed by atoms with Gasteiger partial charge in [-0.05, 0) is 31.0 Å². The van der Waals surface area contributed by atoms with Crippen molar-refractivity contribution in [1.29, 1.82) is 0 Å². The maximum absolute atomic E-state index is 12.7. The zero-order valence-electron chi connectivity index (χ0n) is 9.74. The molecule has 3 nitrogen and oxygen atoms in total. The first kappa shape index (κ1) is 13.0. The van der Waals surface area contributed by atoms with Gasteiger partial charge in [0, 0.05) is 24.0 Å². The molecule has 0 aliphatic heterocycles. The van der Waals surface area contributed by atoms with E-state index in [0.29, 0.717) is 12.2 Å². The molecule has 1 fully saturated rings. The Labute approximate surface area is 103 Å². The Balaban J connectivity index is 2.33. The third kappa shape index (κ3) is 2.69. The van der Waals surface area contributed by atoms with E-state index in [4.69, 9.17) is 10.8 Å². The number of benzene rings is 1. The first-order valence-corrected chi connectivity index (χ1v) is 5.77. The molecule has 1 saturated carbocycles. The zero-order chi connectivity index (χ0) is 13.3. The van der Waals surface area contributed by atoms with Gasteiger partial charge >= 0.3 is 6.18 Å². The SMILES string of the molecule is Nc1ccc(N(CCO)C2CC2)cc1C(F)(F)F. The summed E-state index contributed by atoms with van der Waals surface area (Å²) in [6.07, 6.45) is -2.55. The first-order valence-electron chi connectivity index (χ1n) is 5.77. The van der Waals surface area contributed by atoms with Gasteiger partial charge in [0.05, 0.1) is 12.2 Å². The summed E-state index contributed by atoms with van der Waals surface area (Å²) in [5, 5.41) is 8.97. The van der Waals surface area contributed by atoms with E-state index in [1.54, 1.807) is 11.0 Å². The van der Waals surface area contributed by atoms with Crippen LogP contribution in [0.15, 0.2) is 18.2 Å². The Kier molecular flexibility index (Phi) is 3.38. The highest BCUT2D eigenvalue weighted by Gasteiger charge is 2.35. The largest absolute Gasteiger partial charge is 0.418 e. The van der Waals surface area contributed by atoms with Crippen LogP contribution < -0.4 is 10.6 Å². The lowest BCUT2D eigenvalue weighted by Gasteiger charge is -2.25. The van der Waals surface area contributed by atoms with E-state index in [1.165, 1.54) is 6.07 Å². The van der Waals surface area contributed by atoms with Gasteiger partial charge in [-0.15, -0.1) is 0 Å². The monoisotopic (exact) mass is 260 g/mol. The van der Waals surface area contributed by atoms with Crippen LogP contribution in [0.2, 0.25) is 0 Å². The van der Waals surface area contributed by atoms with Crippen molar-refractivity contribution in [2.75, 3.05) is 23.8 Å². The van der Waals surface area contributed by atoms with Crippen molar-refractivity contribution in [3.63, 3.8) is 0 Å². The molecule has 3 N–H and O–H groups in total. The highest BCUT2D eigenvalue weighted by atomic mass is 19.4. The molecule has 0 unspecified atom stereocenters. The fraction of sp³-hybridized carbons (Fsp3) is 0.500. The van der Waals surface area contributed by atoms with Gasteiger partial charge in [-0.1, -0.05) is 0 Å². The molecule has 18 heavy (non-hydrogen) atoms. The number of aliphatic hydroxyl groups is 1. The summed E-state index contributed by atoms with van der Waals surface area (Å²) in [6.45, 7) is 0.258. The summed E-state index contributed by atoms with van der Waals surface area (Å²) in [5.74, 6) is 0. The van der Waals surface area contributed by atoms with Crippen LogP contribution in [0, 0.1) is 0 Å². The smallest absolute Gasteiger partial charge is 0.398 e. The Morgan fingerprint density at radius 3 is 2.50 bits per heavy atom. The maximum Gasteiger partial charge on any atom is 0.418 e. The van der Waals surface area contributed by atoms with E-state index >= 15 is 0 Å². The van der Waals surface area contributed by atoms with Crippen LogP contribution in [-0.2, 0) is 6.18 Å². The van der Waals surface area contributed by atoms with Crippen LogP contribution in [-0.4, -0.2) is 24.3 Å². The van der Waals surface area contributed by atoms with Gasteiger partial charge in [0.15, 0.2) is 0 Å². The predicted molar refractivity (Wildman–Crippen MR) is 63.3 cm³/mol. The Morgan fingerprint density at radius 2 is 2.00 bits per heavy atom. The molecule has 0 heterocycles. The molecule has 0 atom stereocenters. The summed E-state index contributed by atoms with van der Waals surface area (Å²) in [5.41, 5.74) is 4.73. The molecule has 1 aromatic carbocycles. The minimum atomic E-state index is -4.45. The number of nitrogens with zero attached hydrogens (tertiary/aromatic N) is 1. The number of nitrogen functional groups attached to an aromatic ring is 1. The molecular formula is C12H15F3N2O. The molecule has 0 saturated heterocycles. The van der Waals surface area contributed by atoms with E-state index in [1.807, 2.05) is 0 Å². The van der Waals surface area contributed by atoms with Gasteiger partial charge in [0.1, 0.15) is 0 Å². The van der Waals surface area contributed by atoms with Crippen molar-refractivity contribution in [1.82, 2.24) is 0 Å². The van der Waals surface area contributed by atoms with Crippen molar-refractivity contribution in [3.8, 4) is 0 Å². The normalized spacial score (nSPS) is 15.8. The second-order valence-corrected chi connectivity index (χ2v) is 4.42. The number of aliphatic hydroxyl groups excluding tert-OH is 1. The lowest BCUT2D eigenvalue weighted by molar-refractivity contribution is -0.136. The van der Waals surface area contributed by atoms with Crippen LogP contribution in [0.4, 0.5) is 24.5 Å². The number of hydrogen-bond acceptors (Lipinski definition) is 3. The number of nitrogens with two attached hydrogens (primary N) is 1. The van der Waals surface area contributed by atoms with E-state index in [9.17, 15) is 13.2 Å². The molecular weight excluding hydrogens is 245 g/mol. The first-order chi connectivity index (χ1) is 8.43. The van der Waals surface area contributed by atoms with Crippen molar-refractivity contribution < 1.29 is 18.3 Å². The molecule has 0 bridgehead atoms. The predicted octanol–water partition coefficient (Wildman–Crippen LogP) is 2.25. The van der Waals surface area contributed by atoms with Gasteiger partial charge in [0.2, 0.25) is 0 Å². The topological polar surface area (TPSA) is 49.5 Å². The number of hydrogen-bond donors (Lipinski definition) is 2. The molecule has 0 amide bonds. The lowest BCUT2D eigenvalue weighted by atomic mass is 10.1. The third-order valence-corrected chi connectivity index (χ3v) is 3.00. The summed E-state index contributed by atoms with van der Waals surface area (Å²) >= 11 is 0. The molecule has 0 radical (unpaired) electrons. The van der Waals surface area contributed by atoms with Crippen molar-refractivity contribution in [3.05, 3.63) is 23.8 Å². The summed E-state index contributed by atoms with van der Waals surface area (Å²) < 4.78 is 38.2. The molecule has 1 aromatic rings. The number of rotatable bonds is 4. The second-order valence-electron chi connectivity index (χ2n) is 4.42. The quantitative estimate of drug-likeness (QED) is 0.816. The van der Waals surface area contributed by atoms with Crippen LogP contribution in [0.25, 0.3) is 0 Å². The maximum atomic E-state index is 12.7. The fourth-order valence-corrected chi connectivity index (χ4v) is 1.98.